The maximum Gasteiger partial charge on any atom is 0.320 e. The lowest BCUT2D eigenvalue weighted by Crippen LogP contribution is -2.45. The highest BCUT2D eigenvalue weighted by molar-refractivity contribution is 5.73. The fourth-order valence-electron chi connectivity index (χ4n) is 2.25. The van der Waals surface area contributed by atoms with E-state index in [1.807, 2.05) is 4.90 Å². The second-order valence-electron chi connectivity index (χ2n) is 5.73. The Balaban J connectivity index is 4.40. The Hall–Kier alpha value is -1.10. The standard InChI is InChI=1S/C14H28N2O3/c1-10(2)8-11(3)9-16(12(4)14(18)19)7-6-15-13(5)17/h10-12H,6-9H2,1-5H3,(H,15,17)(H,18,19). The van der Waals surface area contributed by atoms with E-state index in [4.69, 9.17) is 5.11 Å². The minimum atomic E-state index is -0.820. The van der Waals surface area contributed by atoms with Crippen LogP contribution in [0.5, 0.6) is 0 Å². The van der Waals surface area contributed by atoms with Crippen molar-refractivity contribution in [3.8, 4) is 0 Å². The Bertz CT molecular complexity index is 292. The average Bonchev–Trinajstić information content (AvgIpc) is 2.24. The molecule has 5 nitrogen and oxygen atoms in total. The van der Waals surface area contributed by atoms with Crippen LogP contribution in [0.1, 0.15) is 41.0 Å². The Morgan fingerprint density at radius 2 is 1.79 bits per heavy atom. The van der Waals surface area contributed by atoms with E-state index >= 15 is 0 Å². The monoisotopic (exact) mass is 272 g/mol. The molecular weight excluding hydrogens is 244 g/mol. The van der Waals surface area contributed by atoms with Crippen LogP contribution in [0.15, 0.2) is 0 Å². The predicted molar refractivity (Wildman–Crippen MR) is 76.0 cm³/mol. The van der Waals surface area contributed by atoms with Crippen molar-refractivity contribution < 1.29 is 14.7 Å². The number of carboxylic acids is 1. The molecule has 0 aromatic rings. The predicted octanol–water partition coefficient (Wildman–Crippen LogP) is 1.58. The van der Waals surface area contributed by atoms with Crippen molar-refractivity contribution in [1.82, 2.24) is 10.2 Å². The van der Waals surface area contributed by atoms with Gasteiger partial charge in [0.05, 0.1) is 0 Å². The van der Waals surface area contributed by atoms with Crippen LogP contribution in [0.2, 0.25) is 0 Å². The molecular formula is C14H28N2O3. The first-order valence-electron chi connectivity index (χ1n) is 6.95. The van der Waals surface area contributed by atoms with Crippen LogP contribution in [-0.4, -0.2) is 47.6 Å². The summed E-state index contributed by atoms with van der Waals surface area (Å²) in [5.41, 5.74) is 0. The fraction of sp³-hybridized carbons (Fsp3) is 0.857. The highest BCUT2D eigenvalue weighted by Crippen LogP contribution is 2.14. The molecule has 0 aliphatic heterocycles. The van der Waals surface area contributed by atoms with E-state index in [1.165, 1.54) is 6.92 Å². The first-order valence-corrected chi connectivity index (χ1v) is 6.95. The number of hydrogen-bond acceptors (Lipinski definition) is 3. The third kappa shape index (κ3) is 8.59. The summed E-state index contributed by atoms with van der Waals surface area (Å²) in [4.78, 5) is 23.9. The zero-order valence-electron chi connectivity index (χ0n) is 12.8. The summed E-state index contributed by atoms with van der Waals surface area (Å²) in [6, 6.07) is -0.525. The van der Waals surface area contributed by atoms with Gasteiger partial charge in [-0.2, -0.15) is 0 Å². The van der Waals surface area contributed by atoms with Gasteiger partial charge in [0.2, 0.25) is 5.91 Å². The van der Waals surface area contributed by atoms with Crippen molar-refractivity contribution in [2.75, 3.05) is 19.6 Å². The summed E-state index contributed by atoms with van der Waals surface area (Å²) in [5, 5.41) is 11.8. The Labute approximate surface area is 116 Å². The van der Waals surface area contributed by atoms with E-state index < -0.39 is 12.0 Å². The van der Waals surface area contributed by atoms with E-state index in [1.54, 1.807) is 6.92 Å². The van der Waals surface area contributed by atoms with Crippen molar-refractivity contribution >= 4 is 11.9 Å². The van der Waals surface area contributed by atoms with Gasteiger partial charge in [-0.25, -0.2) is 0 Å². The number of amides is 1. The van der Waals surface area contributed by atoms with Gasteiger partial charge in [-0.15, -0.1) is 0 Å². The molecule has 0 aliphatic carbocycles. The molecule has 0 aromatic carbocycles. The number of carbonyl (C=O) groups is 2. The number of hydrogen-bond donors (Lipinski definition) is 2. The van der Waals surface area contributed by atoms with E-state index in [-0.39, 0.29) is 5.91 Å². The number of aliphatic carboxylic acids is 1. The molecule has 0 bridgehead atoms. The average molecular weight is 272 g/mol. The molecule has 112 valence electrons. The molecule has 1 amide bonds. The summed E-state index contributed by atoms with van der Waals surface area (Å²) in [6.07, 6.45) is 1.07. The Morgan fingerprint density at radius 1 is 1.21 bits per heavy atom. The first-order chi connectivity index (χ1) is 8.73. The number of nitrogens with one attached hydrogen (secondary N) is 1. The van der Waals surface area contributed by atoms with Crippen LogP contribution in [0.4, 0.5) is 0 Å². The van der Waals surface area contributed by atoms with Crippen LogP contribution in [-0.2, 0) is 9.59 Å². The van der Waals surface area contributed by atoms with E-state index in [9.17, 15) is 9.59 Å². The Kier molecular flexibility index (Phi) is 8.39. The van der Waals surface area contributed by atoms with Crippen LogP contribution in [0.25, 0.3) is 0 Å². The summed E-state index contributed by atoms with van der Waals surface area (Å²) in [7, 11) is 0. The van der Waals surface area contributed by atoms with Gasteiger partial charge >= 0.3 is 5.97 Å². The lowest BCUT2D eigenvalue weighted by molar-refractivity contribution is -0.142. The lowest BCUT2D eigenvalue weighted by Gasteiger charge is -2.29. The van der Waals surface area contributed by atoms with Gasteiger partial charge in [0.25, 0.3) is 0 Å². The highest BCUT2D eigenvalue weighted by atomic mass is 16.4. The SMILES string of the molecule is CC(=O)NCCN(CC(C)CC(C)C)C(C)C(=O)O. The zero-order chi connectivity index (χ0) is 15.0. The maximum absolute atomic E-state index is 11.1. The molecule has 19 heavy (non-hydrogen) atoms. The zero-order valence-corrected chi connectivity index (χ0v) is 12.8. The maximum atomic E-state index is 11.1. The largest absolute Gasteiger partial charge is 0.480 e. The molecule has 0 spiro atoms. The lowest BCUT2D eigenvalue weighted by atomic mass is 9.98. The number of nitrogens with zero attached hydrogens (tertiary/aromatic N) is 1. The van der Waals surface area contributed by atoms with Crippen molar-refractivity contribution in [2.24, 2.45) is 11.8 Å². The molecule has 0 fully saturated rings. The number of carbonyl (C=O) groups excluding carboxylic acids is 1. The second kappa shape index (κ2) is 8.91. The highest BCUT2D eigenvalue weighted by Gasteiger charge is 2.22. The van der Waals surface area contributed by atoms with Crippen molar-refractivity contribution in [3.63, 3.8) is 0 Å². The summed E-state index contributed by atoms with van der Waals surface area (Å²) in [5.74, 6) is 0.143. The Morgan fingerprint density at radius 3 is 2.21 bits per heavy atom. The molecule has 2 atom stereocenters. The normalized spacial score (nSPS) is 14.5. The van der Waals surface area contributed by atoms with Gasteiger partial charge in [-0.3, -0.25) is 14.5 Å². The first kappa shape index (κ1) is 17.9. The molecule has 2 unspecified atom stereocenters. The topological polar surface area (TPSA) is 69.6 Å². The van der Waals surface area contributed by atoms with Crippen molar-refractivity contribution in [2.45, 2.75) is 47.1 Å². The van der Waals surface area contributed by atoms with Crippen LogP contribution in [0, 0.1) is 11.8 Å². The van der Waals surface area contributed by atoms with Crippen molar-refractivity contribution in [3.05, 3.63) is 0 Å². The van der Waals surface area contributed by atoms with Crippen LogP contribution < -0.4 is 5.32 Å². The molecule has 0 heterocycles. The van der Waals surface area contributed by atoms with E-state index in [0.29, 0.717) is 24.9 Å². The van der Waals surface area contributed by atoms with Crippen LogP contribution >= 0.6 is 0 Å². The molecule has 0 aliphatic rings. The molecule has 2 N–H and O–H groups in total. The minimum absolute atomic E-state index is 0.0850. The molecule has 0 saturated carbocycles. The third-order valence-electron chi connectivity index (χ3n) is 3.10. The van der Waals surface area contributed by atoms with Crippen molar-refractivity contribution in [1.29, 1.82) is 0 Å². The second-order valence-corrected chi connectivity index (χ2v) is 5.73. The molecule has 0 radical (unpaired) electrons. The quantitative estimate of drug-likeness (QED) is 0.668. The van der Waals surface area contributed by atoms with Gasteiger partial charge in [-0.05, 0) is 25.2 Å². The van der Waals surface area contributed by atoms with Gasteiger partial charge in [-0.1, -0.05) is 20.8 Å². The molecule has 5 heteroatoms. The molecule has 0 rings (SSSR count). The summed E-state index contributed by atoms with van der Waals surface area (Å²) >= 11 is 0. The molecule has 0 saturated heterocycles. The smallest absolute Gasteiger partial charge is 0.320 e. The minimum Gasteiger partial charge on any atom is -0.480 e. The number of rotatable bonds is 9. The van der Waals surface area contributed by atoms with Gasteiger partial charge < -0.3 is 10.4 Å². The fourth-order valence-corrected chi connectivity index (χ4v) is 2.25. The van der Waals surface area contributed by atoms with Crippen LogP contribution in [0.3, 0.4) is 0 Å². The van der Waals surface area contributed by atoms with E-state index in [2.05, 4.69) is 26.1 Å². The van der Waals surface area contributed by atoms with Gasteiger partial charge in [0.1, 0.15) is 6.04 Å². The van der Waals surface area contributed by atoms with Gasteiger partial charge in [0.15, 0.2) is 0 Å². The summed E-state index contributed by atoms with van der Waals surface area (Å²) in [6.45, 7) is 11.4. The molecule has 0 aromatic heterocycles. The van der Waals surface area contributed by atoms with Gasteiger partial charge in [0, 0.05) is 26.6 Å². The number of carboxylic acid groups (broad SMARTS) is 1. The summed E-state index contributed by atoms with van der Waals surface area (Å²) < 4.78 is 0. The third-order valence-corrected chi connectivity index (χ3v) is 3.10. The van der Waals surface area contributed by atoms with E-state index in [0.717, 1.165) is 13.0 Å².